The minimum Gasteiger partial charge on any atom is -0.455 e. The molecule has 3 aromatic rings. The quantitative estimate of drug-likeness (QED) is 0.424. The number of rotatable bonds is 5. The highest BCUT2D eigenvalue weighted by Gasteiger charge is 2.13. The van der Waals surface area contributed by atoms with E-state index in [9.17, 15) is 9.18 Å². The van der Waals surface area contributed by atoms with Crippen LogP contribution in [0.5, 0.6) is 0 Å². The fraction of sp³-hybridized carbons (Fsp3) is 0.182. The van der Waals surface area contributed by atoms with Gasteiger partial charge in [0.15, 0.2) is 0 Å². The summed E-state index contributed by atoms with van der Waals surface area (Å²) in [4.78, 5) is 14.6. The average Bonchev–Trinajstić information content (AvgIpc) is 3.40. The second-order valence-corrected chi connectivity index (χ2v) is 7.68. The smallest absolute Gasteiger partial charge is 0.271 e. The van der Waals surface area contributed by atoms with Crippen molar-refractivity contribution >= 4 is 33.7 Å². The van der Waals surface area contributed by atoms with Crippen molar-refractivity contribution < 1.29 is 13.6 Å². The van der Waals surface area contributed by atoms with Gasteiger partial charge in [0.1, 0.15) is 17.3 Å². The lowest BCUT2D eigenvalue weighted by atomic mass is 10.1. The van der Waals surface area contributed by atoms with Crippen molar-refractivity contribution in [2.24, 2.45) is 5.10 Å². The minimum absolute atomic E-state index is 0.306. The molecule has 1 N–H and O–H groups in total. The second-order valence-electron chi connectivity index (χ2n) is 6.77. The zero-order valence-electron chi connectivity index (χ0n) is 15.6. The van der Waals surface area contributed by atoms with Gasteiger partial charge in [0.25, 0.3) is 5.91 Å². The van der Waals surface area contributed by atoms with Crippen LogP contribution in [0.4, 0.5) is 10.1 Å². The third-order valence-corrected chi connectivity index (χ3v) is 5.28. The van der Waals surface area contributed by atoms with Gasteiger partial charge in [0.2, 0.25) is 0 Å². The summed E-state index contributed by atoms with van der Waals surface area (Å²) in [7, 11) is 0. The number of hydrogen-bond acceptors (Lipinski definition) is 4. The molecule has 0 aliphatic carbocycles. The Labute approximate surface area is 176 Å². The summed E-state index contributed by atoms with van der Waals surface area (Å²) in [5.41, 5.74) is 4.50. The van der Waals surface area contributed by atoms with Gasteiger partial charge in [0.05, 0.1) is 11.8 Å². The van der Waals surface area contributed by atoms with E-state index >= 15 is 0 Å². The minimum atomic E-state index is -0.386. The van der Waals surface area contributed by atoms with Gasteiger partial charge in [-0.3, -0.25) is 4.79 Å². The lowest BCUT2D eigenvalue weighted by molar-refractivity contribution is 0.0955. The molecule has 0 radical (unpaired) electrons. The highest BCUT2D eigenvalue weighted by molar-refractivity contribution is 9.10. The van der Waals surface area contributed by atoms with Crippen LogP contribution in [0.1, 0.15) is 29.0 Å². The number of halogens is 2. The maximum atomic E-state index is 14.0. The van der Waals surface area contributed by atoms with Crippen LogP contribution in [0.15, 0.2) is 68.6 Å². The van der Waals surface area contributed by atoms with Crippen LogP contribution in [-0.4, -0.2) is 25.2 Å². The number of hydrazone groups is 1. The predicted molar refractivity (Wildman–Crippen MR) is 115 cm³/mol. The van der Waals surface area contributed by atoms with Gasteiger partial charge in [-0.15, -0.1) is 0 Å². The van der Waals surface area contributed by atoms with E-state index in [-0.39, 0.29) is 11.7 Å². The van der Waals surface area contributed by atoms with Crippen LogP contribution in [0, 0.1) is 5.82 Å². The molecule has 0 bridgehead atoms. The molecule has 0 saturated carbocycles. The molecule has 7 heteroatoms. The molecule has 0 unspecified atom stereocenters. The second kappa shape index (κ2) is 8.61. The van der Waals surface area contributed by atoms with Crippen LogP contribution in [-0.2, 0) is 0 Å². The van der Waals surface area contributed by atoms with Crippen molar-refractivity contribution in [3.05, 3.63) is 76.2 Å². The molecular weight excluding hydrogens is 437 g/mol. The van der Waals surface area contributed by atoms with Gasteiger partial charge in [-0.2, -0.15) is 5.10 Å². The standard InChI is InChI=1S/C22H19BrFN3O2/c23-16-5-9-19(20(24)13-16)21-10-8-18(29-21)14-25-26-22(28)15-3-6-17(7-4-15)27-11-1-2-12-27/h3-10,13-14H,1-2,11-12H2,(H,26,28)/b25-14-. The maximum Gasteiger partial charge on any atom is 0.271 e. The van der Waals surface area contributed by atoms with E-state index in [2.05, 4.69) is 31.4 Å². The van der Waals surface area contributed by atoms with Gasteiger partial charge >= 0.3 is 0 Å². The molecular formula is C22H19BrFN3O2. The number of benzene rings is 2. The molecule has 1 saturated heterocycles. The molecule has 1 amide bonds. The van der Waals surface area contributed by atoms with Crippen LogP contribution in [0.3, 0.4) is 0 Å². The first kappa shape index (κ1) is 19.4. The van der Waals surface area contributed by atoms with Crippen molar-refractivity contribution in [3.8, 4) is 11.3 Å². The van der Waals surface area contributed by atoms with E-state index in [4.69, 9.17) is 4.42 Å². The van der Waals surface area contributed by atoms with Gasteiger partial charge in [0, 0.05) is 28.8 Å². The summed E-state index contributed by atoms with van der Waals surface area (Å²) in [5, 5.41) is 3.93. The van der Waals surface area contributed by atoms with Gasteiger partial charge in [-0.05, 0) is 67.4 Å². The first-order chi connectivity index (χ1) is 14.1. The van der Waals surface area contributed by atoms with Crippen molar-refractivity contribution in [3.63, 3.8) is 0 Å². The average molecular weight is 456 g/mol. The number of carbonyl (C=O) groups is 1. The summed E-state index contributed by atoms with van der Waals surface area (Å²) >= 11 is 3.23. The van der Waals surface area contributed by atoms with Crippen LogP contribution in [0.2, 0.25) is 0 Å². The van der Waals surface area contributed by atoms with E-state index in [1.54, 1.807) is 36.4 Å². The zero-order valence-corrected chi connectivity index (χ0v) is 17.2. The van der Waals surface area contributed by atoms with Crippen molar-refractivity contribution in [1.82, 2.24) is 5.43 Å². The van der Waals surface area contributed by atoms with Crippen molar-refractivity contribution in [2.45, 2.75) is 12.8 Å². The molecule has 4 rings (SSSR count). The van der Waals surface area contributed by atoms with Crippen molar-refractivity contribution in [1.29, 1.82) is 0 Å². The first-order valence-electron chi connectivity index (χ1n) is 9.34. The summed E-state index contributed by atoms with van der Waals surface area (Å²) in [6.45, 7) is 2.12. The Balaban J connectivity index is 1.37. The molecule has 1 fully saturated rings. The van der Waals surface area contributed by atoms with Crippen LogP contribution >= 0.6 is 15.9 Å². The van der Waals surface area contributed by atoms with Crippen LogP contribution < -0.4 is 10.3 Å². The third kappa shape index (κ3) is 4.56. The van der Waals surface area contributed by atoms with E-state index in [0.29, 0.717) is 27.1 Å². The lowest BCUT2D eigenvalue weighted by Crippen LogP contribution is -2.19. The first-order valence-corrected chi connectivity index (χ1v) is 10.1. The number of hydrogen-bond donors (Lipinski definition) is 1. The Kier molecular flexibility index (Phi) is 5.76. The van der Waals surface area contributed by atoms with Gasteiger partial charge < -0.3 is 9.32 Å². The Morgan fingerprint density at radius 2 is 1.86 bits per heavy atom. The number of anilines is 1. The van der Waals surface area contributed by atoms with Gasteiger partial charge in [-0.25, -0.2) is 9.82 Å². The lowest BCUT2D eigenvalue weighted by Gasteiger charge is -2.17. The SMILES string of the molecule is O=C(N/N=C\c1ccc(-c2ccc(Br)cc2F)o1)c1ccc(N2CCCC2)cc1. The Bertz CT molecular complexity index is 1040. The zero-order chi connectivity index (χ0) is 20.2. The fourth-order valence-electron chi connectivity index (χ4n) is 3.27. The summed E-state index contributed by atoms with van der Waals surface area (Å²) in [5.74, 6) is 0.107. The van der Waals surface area contributed by atoms with Gasteiger partial charge in [-0.1, -0.05) is 15.9 Å². The Hall–Kier alpha value is -2.93. The topological polar surface area (TPSA) is 57.8 Å². The van der Waals surface area contributed by atoms with Crippen molar-refractivity contribution in [2.75, 3.05) is 18.0 Å². The summed E-state index contributed by atoms with van der Waals surface area (Å²) < 4.78 is 20.3. The Morgan fingerprint density at radius 1 is 1.10 bits per heavy atom. The number of amides is 1. The van der Waals surface area contributed by atoms with E-state index in [1.165, 1.54) is 25.1 Å². The molecule has 2 heterocycles. The molecule has 0 spiro atoms. The molecule has 1 aliphatic heterocycles. The number of furan rings is 1. The number of carbonyl (C=O) groups excluding carboxylic acids is 1. The molecule has 148 valence electrons. The maximum absolute atomic E-state index is 14.0. The van der Waals surface area contributed by atoms with E-state index in [0.717, 1.165) is 18.8 Å². The highest BCUT2D eigenvalue weighted by atomic mass is 79.9. The molecule has 5 nitrogen and oxygen atoms in total. The van der Waals surface area contributed by atoms with E-state index in [1.807, 2.05) is 12.1 Å². The fourth-order valence-corrected chi connectivity index (χ4v) is 3.61. The summed E-state index contributed by atoms with van der Waals surface area (Å²) in [6, 6.07) is 15.6. The normalized spacial score (nSPS) is 13.9. The van der Waals surface area contributed by atoms with E-state index < -0.39 is 0 Å². The molecule has 29 heavy (non-hydrogen) atoms. The molecule has 1 aromatic heterocycles. The molecule has 1 aliphatic rings. The third-order valence-electron chi connectivity index (χ3n) is 4.78. The number of nitrogens with one attached hydrogen (secondary N) is 1. The largest absolute Gasteiger partial charge is 0.455 e. The molecule has 2 aromatic carbocycles. The Morgan fingerprint density at radius 3 is 2.59 bits per heavy atom. The predicted octanol–water partition coefficient (Wildman–Crippen LogP) is 5.21. The monoisotopic (exact) mass is 455 g/mol. The molecule has 0 atom stereocenters. The number of nitrogens with zero attached hydrogens (tertiary/aromatic N) is 2. The van der Waals surface area contributed by atoms with Crippen LogP contribution in [0.25, 0.3) is 11.3 Å². The summed E-state index contributed by atoms with van der Waals surface area (Å²) in [6.07, 6.45) is 3.80. The highest BCUT2D eigenvalue weighted by Crippen LogP contribution is 2.27.